The van der Waals surface area contributed by atoms with Crippen LogP contribution in [0.1, 0.15) is 10.4 Å². The van der Waals surface area contributed by atoms with E-state index in [9.17, 15) is 13.2 Å². The Kier molecular flexibility index (Phi) is 4.71. The first kappa shape index (κ1) is 19.9. The van der Waals surface area contributed by atoms with Gasteiger partial charge in [-0.3, -0.25) is 4.79 Å². The Morgan fingerprint density at radius 1 is 1.03 bits per heavy atom. The highest BCUT2D eigenvalue weighted by atomic mass is 32.2. The van der Waals surface area contributed by atoms with Crippen molar-refractivity contribution < 1.29 is 13.2 Å². The quantitative estimate of drug-likeness (QED) is 0.607. The van der Waals surface area contributed by atoms with Gasteiger partial charge in [-0.2, -0.15) is 4.98 Å². The summed E-state index contributed by atoms with van der Waals surface area (Å²) in [7, 11) is 5.60. The molecule has 3 N–H and O–H groups in total. The van der Waals surface area contributed by atoms with Gasteiger partial charge >= 0.3 is 0 Å². The van der Waals surface area contributed by atoms with Crippen molar-refractivity contribution in [2.45, 2.75) is 4.90 Å². The molecule has 1 amide bonds. The molecule has 1 aliphatic rings. The van der Waals surface area contributed by atoms with Crippen molar-refractivity contribution in [2.24, 2.45) is 5.14 Å². The van der Waals surface area contributed by atoms with Gasteiger partial charge in [-0.15, -0.1) is 0 Å². The number of primary sulfonamides is 1. The van der Waals surface area contributed by atoms with Crippen molar-refractivity contribution in [3.63, 3.8) is 0 Å². The molecule has 9 nitrogen and oxygen atoms in total. The highest BCUT2D eigenvalue weighted by Gasteiger charge is 2.29. The molecule has 0 saturated carbocycles. The van der Waals surface area contributed by atoms with E-state index in [0.717, 1.165) is 0 Å². The maximum atomic E-state index is 12.9. The lowest BCUT2D eigenvalue weighted by molar-refractivity contribution is 0.0994. The molecule has 0 aliphatic carbocycles. The van der Waals surface area contributed by atoms with Crippen molar-refractivity contribution in [1.82, 2.24) is 9.97 Å². The van der Waals surface area contributed by atoms with Crippen molar-refractivity contribution in [1.29, 1.82) is 0 Å². The molecular formula is C19H17BN6O3S. The standard InChI is InChI=1S/C19H17BN6O3S/c1-25-15-9-11(20)3-8-14(15)18(27)26(2)16-10-22-19(24-17(16)25)23-12-4-6-13(7-5-12)30(21,28)29/h3-10H,1-2H3,(H2,21,28,29)(H,22,23,24). The van der Waals surface area contributed by atoms with Gasteiger partial charge in [0.25, 0.3) is 5.91 Å². The fourth-order valence-corrected chi connectivity index (χ4v) is 3.69. The number of nitrogens with zero attached hydrogens (tertiary/aromatic N) is 4. The van der Waals surface area contributed by atoms with Gasteiger partial charge in [0.15, 0.2) is 5.82 Å². The molecule has 1 aliphatic heterocycles. The van der Waals surface area contributed by atoms with E-state index in [4.69, 9.17) is 13.0 Å². The van der Waals surface area contributed by atoms with Crippen LogP contribution < -0.4 is 25.7 Å². The number of carbonyl (C=O) groups excluding carboxylic acids is 1. The predicted octanol–water partition coefficient (Wildman–Crippen LogP) is 1.02. The van der Waals surface area contributed by atoms with E-state index in [1.54, 1.807) is 55.5 Å². The zero-order chi connectivity index (χ0) is 21.6. The molecule has 4 rings (SSSR count). The summed E-state index contributed by atoms with van der Waals surface area (Å²) in [4.78, 5) is 25.0. The summed E-state index contributed by atoms with van der Waals surface area (Å²) in [5, 5.41) is 8.14. The van der Waals surface area contributed by atoms with Crippen LogP contribution in [0.3, 0.4) is 0 Å². The third-order valence-corrected chi connectivity index (χ3v) is 5.72. The molecule has 0 atom stereocenters. The first-order valence-corrected chi connectivity index (χ1v) is 10.4. The minimum atomic E-state index is -3.77. The van der Waals surface area contributed by atoms with Crippen LogP contribution in [0, 0.1) is 0 Å². The van der Waals surface area contributed by atoms with Crippen LogP contribution in [0.4, 0.5) is 28.8 Å². The first-order chi connectivity index (χ1) is 14.1. The zero-order valence-corrected chi connectivity index (χ0v) is 17.0. The van der Waals surface area contributed by atoms with E-state index in [0.29, 0.717) is 33.9 Å². The summed E-state index contributed by atoms with van der Waals surface area (Å²) >= 11 is 0. The van der Waals surface area contributed by atoms with Gasteiger partial charge in [0.2, 0.25) is 16.0 Å². The maximum absolute atomic E-state index is 12.9. The van der Waals surface area contributed by atoms with Crippen molar-refractivity contribution in [3.05, 3.63) is 54.2 Å². The molecule has 0 unspecified atom stereocenters. The van der Waals surface area contributed by atoms with Crippen LogP contribution in [0.5, 0.6) is 0 Å². The number of rotatable bonds is 3. The smallest absolute Gasteiger partial charge is 0.260 e. The normalized spacial score (nSPS) is 13.5. The Labute approximate surface area is 175 Å². The highest BCUT2D eigenvalue weighted by Crippen LogP contribution is 2.37. The Balaban J connectivity index is 1.73. The van der Waals surface area contributed by atoms with E-state index >= 15 is 0 Å². The zero-order valence-electron chi connectivity index (χ0n) is 16.2. The average molecular weight is 420 g/mol. The third kappa shape index (κ3) is 3.48. The fraction of sp³-hybridized carbons (Fsp3) is 0.105. The number of amides is 1. The first-order valence-electron chi connectivity index (χ1n) is 8.83. The molecule has 0 saturated heterocycles. The molecule has 2 aromatic carbocycles. The van der Waals surface area contributed by atoms with E-state index in [2.05, 4.69) is 15.3 Å². The molecule has 1 aromatic heterocycles. The molecule has 11 heteroatoms. The van der Waals surface area contributed by atoms with Gasteiger partial charge in [0.1, 0.15) is 13.5 Å². The Morgan fingerprint density at radius 2 is 1.73 bits per heavy atom. The number of hydrogen-bond acceptors (Lipinski definition) is 7. The van der Waals surface area contributed by atoms with Gasteiger partial charge in [-0.1, -0.05) is 11.5 Å². The second-order valence-electron chi connectivity index (χ2n) is 6.80. The molecule has 0 bridgehead atoms. The summed E-state index contributed by atoms with van der Waals surface area (Å²) in [5.74, 6) is 0.588. The largest absolute Gasteiger partial charge is 0.327 e. The van der Waals surface area contributed by atoms with Gasteiger partial charge < -0.3 is 15.1 Å². The number of sulfonamides is 1. The summed E-state index contributed by atoms with van der Waals surface area (Å²) in [6.45, 7) is 0. The second kappa shape index (κ2) is 7.11. The summed E-state index contributed by atoms with van der Waals surface area (Å²) in [6.07, 6.45) is 1.55. The van der Waals surface area contributed by atoms with Crippen molar-refractivity contribution in [3.8, 4) is 0 Å². The fourth-order valence-electron chi connectivity index (χ4n) is 3.18. The number of fused-ring (bicyclic) bond motifs is 2. The van der Waals surface area contributed by atoms with E-state index in [-0.39, 0.29) is 16.8 Å². The van der Waals surface area contributed by atoms with E-state index < -0.39 is 10.0 Å². The number of hydrogen-bond donors (Lipinski definition) is 2. The number of aromatic nitrogens is 2. The van der Waals surface area contributed by atoms with Gasteiger partial charge in [-0.25, -0.2) is 18.5 Å². The van der Waals surface area contributed by atoms with E-state index in [1.807, 2.05) is 0 Å². The number of anilines is 5. The second-order valence-corrected chi connectivity index (χ2v) is 8.36. The predicted molar refractivity (Wildman–Crippen MR) is 116 cm³/mol. The number of benzene rings is 2. The topological polar surface area (TPSA) is 122 Å². The number of nitrogens with one attached hydrogen (secondary N) is 1. The Bertz CT molecular complexity index is 1260. The average Bonchev–Trinajstić information content (AvgIpc) is 2.78. The van der Waals surface area contributed by atoms with Crippen molar-refractivity contribution >= 4 is 58.1 Å². The molecule has 2 heterocycles. The van der Waals surface area contributed by atoms with Crippen LogP contribution in [0.25, 0.3) is 0 Å². The Morgan fingerprint density at radius 3 is 2.40 bits per heavy atom. The van der Waals surface area contributed by atoms with Gasteiger partial charge in [-0.05, 0) is 36.4 Å². The molecule has 150 valence electrons. The summed E-state index contributed by atoms with van der Waals surface area (Å²) < 4.78 is 22.8. The molecule has 2 radical (unpaired) electrons. The maximum Gasteiger partial charge on any atom is 0.260 e. The lowest BCUT2D eigenvalue weighted by Crippen LogP contribution is -2.26. The molecule has 30 heavy (non-hydrogen) atoms. The van der Waals surface area contributed by atoms with E-state index in [1.165, 1.54) is 17.0 Å². The monoisotopic (exact) mass is 420 g/mol. The molecule has 0 fully saturated rings. The van der Waals surface area contributed by atoms with Crippen LogP contribution in [-0.4, -0.2) is 46.2 Å². The Hall–Kier alpha value is -3.44. The van der Waals surface area contributed by atoms with Crippen LogP contribution >= 0.6 is 0 Å². The van der Waals surface area contributed by atoms with Crippen LogP contribution in [0.2, 0.25) is 0 Å². The highest BCUT2D eigenvalue weighted by molar-refractivity contribution is 7.89. The molecule has 3 aromatic rings. The third-order valence-electron chi connectivity index (χ3n) is 4.79. The SMILES string of the molecule is [B]c1ccc2c(c1)N(C)c1nc(Nc3ccc(S(N)(=O)=O)cc3)ncc1N(C)C2=O. The lowest BCUT2D eigenvalue weighted by atomic mass is 9.93. The van der Waals surface area contributed by atoms with Gasteiger partial charge in [0, 0.05) is 19.8 Å². The summed E-state index contributed by atoms with van der Waals surface area (Å²) in [5.41, 5.74) is 2.77. The van der Waals surface area contributed by atoms with Crippen molar-refractivity contribution in [2.75, 3.05) is 29.2 Å². The lowest BCUT2D eigenvalue weighted by Gasteiger charge is -2.21. The summed E-state index contributed by atoms with van der Waals surface area (Å²) in [6, 6.07) is 11.0. The molecule has 0 spiro atoms. The number of carbonyl (C=O) groups is 1. The minimum Gasteiger partial charge on any atom is -0.327 e. The minimum absolute atomic E-state index is 0.00460. The molecular weight excluding hydrogens is 403 g/mol. The van der Waals surface area contributed by atoms with Gasteiger partial charge in [0.05, 0.1) is 22.3 Å². The number of nitrogens with two attached hydrogens (primary N) is 1. The van der Waals surface area contributed by atoms with Crippen LogP contribution in [-0.2, 0) is 10.0 Å². The van der Waals surface area contributed by atoms with Crippen LogP contribution in [0.15, 0.2) is 53.6 Å².